The van der Waals surface area contributed by atoms with Crippen molar-refractivity contribution in [2.45, 2.75) is 12.6 Å². The topological polar surface area (TPSA) is 53.7 Å². The molecule has 2 rings (SSSR count). The van der Waals surface area contributed by atoms with Gasteiger partial charge in [0.1, 0.15) is 18.5 Å². The minimum atomic E-state index is 0.263. The van der Waals surface area contributed by atoms with Gasteiger partial charge >= 0.3 is 0 Å². The minimum Gasteiger partial charge on any atom is -0.491 e. The summed E-state index contributed by atoms with van der Waals surface area (Å²) in [6.45, 7) is 3.11. The van der Waals surface area contributed by atoms with E-state index in [2.05, 4.69) is 0 Å². The Hall–Kier alpha value is -1.10. The highest BCUT2D eigenvalue weighted by Gasteiger charge is 2.18. The Morgan fingerprint density at radius 3 is 2.88 bits per heavy atom. The molecule has 1 aliphatic rings. The Morgan fingerprint density at radius 2 is 2.19 bits per heavy atom. The van der Waals surface area contributed by atoms with Crippen molar-refractivity contribution in [1.82, 2.24) is 0 Å². The van der Waals surface area contributed by atoms with Gasteiger partial charge in [-0.25, -0.2) is 0 Å². The summed E-state index contributed by atoms with van der Waals surface area (Å²) in [4.78, 5) is 0. The zero-order valence-electron chi connectivity index (χ0n) is 9.22. The van der Waals surface area contributed by atoms with Gasteiger partial charge in [-0.3, -0.25) is 0 Å². The normalized spacial score (nSPS) is 15.8. The molecule has 1 heterocycles. The number of rotatable bonds is 6. The van der Waals surface area contributed by atoms with Crippen molar-refractivity contribution in [3.63, 3.8) is 0 Å². The van der Waals surface area contributed by atoms with Crippen LogP contribution in [0.15, 0.2) is 24.3 Å². The molecule has 1 fully saturated rings. The SMILES string of the molecule is NCc1cccc(OCCOC2COC2)c1. The molecule has 4 nitrogen and oxygen atoms in total. The fourth-order valence-corrected chi connectivity index (χ4v) is 1.45. The van der Waals surface area contributed by atoms with Gasteiger partial charge in [0.25, 0.3) is 0 Å². The summed E-state index contributed by atoms with van der Waals surface area (Å²) in [5.41, 5.74) is 6.62. The van der Waals surface area contributed by atoms with Crippen LogP contribution in [-0.2, 0) is 16.0 Å². The molecule has 0 spiro atoms. The molecule has 1 aliphatic heterocycles. The molecule has 1 saturated heterocycles. The maximum atomic E-state index is 5.55. The van der Waals surface area contributed by atoms with Gasteiger partial charge in [-0.15, -0.1) is 0 Å². The molecule has 1 aromatic rings. The van der Waals surface area contributed by atoms with E-state index in [-0.39, 0.29) is 6.10 Å². The highest BCUT2D eigenvalue weighted by Crippen LogP contribution is 2.13. The average molecular weight is 223 g/mol. The molecule has 2 N–H and O–H groups in total. The van der Waals surface area contributed by atoms with Crippen LogP contribution in [0.5, 0.6) is 5.75 Å². The van der Waals surface area contributed by atoms with E-state index < -0.39 is 0 Å². The minimum absolute atomic E-state index is 0.263. The molecule has 0 atom stereocenters. The summed E-state index contributed by atoms with van der Waals surface area (Å²) in [5, 5.41) is 0. The van der Waals surface area contributed by atoms with Gasteiger partial charge in [0.05, 0.1) is 19.8 Å². The smallest absolute Gasteiger partial charge is 0.119 e. The van der Waals surface area contributed by atoms with Gasteiger partial charge in [0.15, 0.2) is 0 Å². The van der Waals surface area contributed by atoms with E-state index in [0.717, 1.165) is 11.3 Å². The van der Waals surface area contributed by atoms with E-state index in [0.29, 0.717) is 33.0 Å². The molecule has 88 valence electrons. The van der Waals surface area contributed by atoms with E-state index >= 15 is 0 Å². The van der Waals surface area contributed by atoms with Crippen LogP contribution in [0.1, 0.15) is 5.56 Å². The lowest BCUT2D eigenvalue weighted by atomic mass is 10.2. The molecule has 0 bridgehead atoms. The second-order valence-corrected chi connectivity index (χ2v) is 3.73. The van der Waals surface area contributed by atoms with Gasteiger partial charge in [0.2, 0.25) is 0 Å². The fraction of sp³-hybridized carbons (Fsp3) is 0.500. The number of nitrogens with two attached hydrogens (primary N) is 1. The lowest BCUT2D eigenvalue weighted by Crippen LogP contribution is -2.37. The molecule has 16 heavy (non-hydrogen) atoms. The molecular weight excluding hydrogens is 206 g/mol. The third-order valence-corrected chi connectivity index (χ3v) is 2.45. The second-order valence-electron chi connectivity index (χ2n) is 3.73. The number of hydrogen-bond acceptors (Lipinski definition) is 4. The highest BCUT2D eigenvalue weighted by molar-refractivity contribution is 5.28. The highest BCUT2D eigenvalue weighted by atomic mass is 16.6. The van der Waals surface area contributed by atoms with Gasteiger partial charge in [0, 0.05) is 6.54 Å². The predicted octanol–water partition coefficient (Wildman–Crippen LogP) is 0.939. The predicted molar refractivity (Wildman–Crippen MR) is 60.4 cm³/mol. The number of benzene rings is 1. The van der Waals surface area contributed by atoms with E-state index in [1.165, 1.54) is 0 Å². The number of ether oxygens (including phenoxy) is 3. The van der Waals surface area contributed by atoms with E-state index in [1.54, 1.807) is 0 Å². The van der Waals surface area contributed by atoms with Gasteiger partial charge < -0.3 is 19.9 Å². The number of hydrogen-bond donors (Lipinski definition) is 1. The molecule has 0 saturated carbocycles. The van der Waals surface area contributed by atoms with E-state index in [9.17, 15) is 0 Å². The van der Waals surface area contributed by atoms with Crippen LogP contribution in [0.3, 0.4) is 0 Å². The first-order valence-corrected chi connectivity index (χ1v) is 5.49. The Morgan fingerprint density at radius 1 is 1.31 bits per heavy atom. The fourth-order valence-electron chi connectivity index (χ4n) is 1.45. The average Bonchev–Trinajstić information content (AvgIpc) is 2.27. The van der Waals surface area contributed by atoms with Crippen molar-refractivity contribution in [2.24, 2.45) is 5.73 Å². The Labute approximate surface area is 95.3 Å². The molecule has 4 heteroatoms. The van der Waals surface area contributed by atoms with Crippen molar-refractivity contribution in [2.75, 3.05) is 26.4 Å². The van der Waals surface area contributed by atoms with Crippen LogP contribution >= 0.6 is 0 Å². The lowest BCUT2D eigenvalue weighted by Gasteiger charge is -2.25. The first-order valence-electron chi connectivity index (χ1n) is 5.49. The van der Waals surface area contributed by atoms with Gasteiger partial charge in [-0.05, 0) is 17.7 Å². The van der Waals surface area contributed by atoms with Crippen molar-refractivity contribution in [1.29, 1.82) is 0 Å². The third-order valence-electron chi connectivity index (χ3n) is 2.45. The maximum Gasteiger partial charge on any atom is 0.119 e. The first-order chi connectivity index (χ1) is 7.88. The van der Waals surface area contributed by atoms with Crippen LogP contribution < -0.4 is 10.5 Å². The zero-order chi connectivity index (χ0) is 11.2. The summed E-state index contributed by atoms with van der Waals surface area (Å²) in [6, 6.07) is 7.80. The molecular formula is C12H17NO3. The van der Waals surface area contributed by atoms with E-state index in [1.807, 2.05) is 24.3 Å². The molecule has 0 radical (unpaired) electrons. The maximum absolute atomic E-state index is 5.55. The second kappa shape index (κ2) is 5.84. The summed E-state index contributed by atoms with van der Waals surface area (Å²) in [7, 11) is 0. The first kappa shape index (κ1) is 11.4. The molecule has 1 aromatic carbocycles. The Balaban J connectivity index is 1.67. The molecule has 0 aliphatic carbocycles. The largest absolute Gasteiger partial charge is 0.491 e. The molecule has 0 amide bonds. The van der Waals surface area contributed by atoms with Crippen LogP contribution in [0.25, 0.3) is 0 Å². The van der Waals surface area contributed by atoms with Crippen LogP contribution in [0.4, 0.5) is 0 Å². The van der Waals surface area contributed by atoms with Crippen molar-refractivity contribution >= 4 is 0 Å². The van der Waals surface area contributed by atoms with Crippen molar-refractivity contribution < 1.29 is 14.2 Å². The lowest BCUT2D eigenvalue weighted by molar-refractivity contribution is -0.132. The van der Waals surface area contributed by atoms with Crippen LogP contribution in [0.2, 0.25) is 0 Å². The quantitative estimate of drug-likeness (QED) is 0.729. The summed E-state index contributed by atoms with van der Waals surface area (Å²) in [6.07, 6.45) is 0.263. The monoisotopic (exact) mass is 223 g/mol. The van der Waals surface area contributed by atoms with Crippen LogP contribution in [-0.4, -0.2) is 32.5 Å². The Bertz CT molecular complexity index is 326. The summed E-state index contributed by atoms with van der Waals surface area (Å²) < 4.78 is 16.0. The summed E-state index contributed by atoms with van der Waals surface area (Å²) in [5.74, 6) is 0.844. The van der Waals surface area contributed by atoms with Gasteiger partial charge in [-0.2, -0.15) is 0 Å². The molecule has 0 aromatic heterocycles. The standard InChI is InChI=1S/C12H17NO3/c13-7-10-2-1-3-11(6-10)15-4-5-16-12-8-14-9-12/h1-3,6,12H,4-5,7-9,13H2. The van der Waals surface area contributed by atoms with E-state index in [4.69, 9.17) is 19.9 Å². The molecule has 0 unspecified atom stereocenters. The van der Waals surface area contributed by atoms with Crippen LogP contribution in [0, 0.1) is 0 Å². The van der Waals surface area contributed by atoms with Gasteiger partial charge in [-0.1, -0.05) is 12.1 Å². The third kappa shape index (κ3) is 3.20. The van der Waals surface area contributed by atoms with Crippen molar-refractivity contribution in [3.05, 3.63) is 29.8 Å². The summed E-state index contributed by atoms with van der Waals surface area (Å²) >= 11 is 0. The Kier molecular flexibility index (Phi) is 4.16. The zero-order valence-corrected chi connectivity index (χ0v) is 9.22. The van der Waals surface area contributed by atoms with Crippen molar-refractivity contribution in [3.8, 4) is 5.75 Å².